The first-order valence-electron chi connectivity index (χ1n) is 8.28. The highest BCUT2D eigenvalue weighted by Gasteiger charge is 2.52. The fourth-order valence-corrected chi connectivity index (χ4v) is 2.75. The van der Waals surface area contributed by atoms with Crippen LogP contribution in [-0.4, -0.2) is 29.5 Å². The monoisotopic (exact) mass is 304 g/mol. The topological polar surface area (TPSA) is 38.7 Å². The molecular weight excluding hydrogens is 275 g/mol. The van der Waals surface area contributed by atoms with Gasteiger partial charge in [0, 0.05) is 0 Å². The number of aliphatic hydroxyl groups excluding tert-OH is 1. The van der Waals surface area contributed by atoms with E-state index in [0.717, 1.165) is 19.3 Å². The van der Waals surface area contributed by atoms with Crippen molar-refractivity contribution in [1.82, 2.24) is 0 Å². The van der Waals surface area contributed by atoms with E-state index in [2.05, 4.69) is 39.8 Å². The first-order chi connectivity index (χ1) is 10.2. The Labute approximate surface area is 135 Å². The molecule has 2 aliphatic rings. The molecule has 0 bridgehead atoms. The first kappa shape index (κ1) is 17.5. The second-order valence-corrected chi connectivity index (χ2v) is 7.26. The number of allylic oxidation sites excluding steroid dienone is 4. The Bertz CT molecular complexity index is 473. The number of hydrogen-bond acceptors (Lipinski definition) is 3. The SMILES string of the molecule is C/C=C/C(O)C/C=C1/CC=C(B2OC(C)(C)C(C)(C)O2)CC1. The molecule has 1 aliphatic carbocycles. The highest BCUT2D eigenvalue weighted by atomic mass is 16.7. The molecule has 1 saturated heterocycles. The van der Waals surface area contributed by atoms with Gasteiger partial charge in [0.2, 0.25) is 0 Å². The summed E-state index contributed by atoms with van der Waals surface area (Å²) in [5.41, 5.74) is 2.10. The fraction of sp³-hybridized carbons (Fsp3) is 0.667. The van der Waals surface area contributed by atoms with Crippen LogP contribution in [0, 0.1) is 0 Å². The number of hydrogen-bond donors (Lipinski definition) is 1. The Hall–Kier alpha value is -0.835. The van der Waals surface area contributed by atoms with Gasteiger partial charge in [0.05, 0.1) is 17.3 Å². The van der Waals surface area contributed by atoms with E-state index in [1.165, 1.54) is 11.0 Å². The zero-order chi connectivity index (χ0) is 16.4. The molecule has 0 aromatic carbocycles. The van der Waals surface area contributed by atoms with Gasteiger partial charge in [-0.05, 0) is 65.8 Å². The lowest BCUT2D eigenvalue weighted by Crippen LogP contribution is -2.41. The minimum absolute atomic E-state index is 0.208. The summed E-state index contributed by atoms with van der Waals surface area (Å²) < 4.78 is 12.2. The number of rotatable bonds is 4. The van der Waals surface area contributed by atoms with Crippen LogP contribution in [0.2, 0.25) is 0 Å². The van der Waals surface area contributed by atoms with Crippen LogP contribution >= 0.6 is 0 Å². The van der Waals surface area contributed by atoms with E-state index in [4.69, 9.17) is 9.31 Å². The Balaban J connectivity index is 1.94. The molecule has 22 heavy (non-hydrogen) atoms. The second kappa shape index (κ2) is 6.73. The summed E-state index contributed by atoms with van der Waals surface area (Å²) in [5, 5.41) is 9.73. The summed E-state index contributed by atoms with van der Waals surface area (Å²) >= 11 is 0. The summed E-state index contributed by atoms with van der Waals surface area (Å²) in [7, 11) is -0.208. The Morgan fingerprint density at radius 2 is 1.86 bits per heavy atom. The Morgan fingerprint density at radius 1 is 1.23 bits per heavy atom. The van der Waals surface area contributed by atoms with Gasteiger partial charge in [-0.1, -0.05) is 29.9 Å². The van der Waals surface area contributed by atoms with Crippen LogP contribution in [0.25, 0.3) is 0 Å². The van der Waals surface area contributed by atoms with Gasteiger partial charge in [-0.25, -0.2) is 0 Å². The van der Waals surface area contributed by atoms with Crippen LogP contribution in [0.1, 0.15) is 60.3 Å². The lowest BCUT2D eigenvalue weighted by molar-refractivity contribution is 0.00578. The standard InChI is InChI=1S/C18H29BO3/c1-6-7-16(20)13-10-14-8-11-15(12-9-14)19-21-17(2,3)18(4,5)22-19/h6-7,10-11,16,20H,8-9,12-13H2,1-5H3/b7-6+,14-10-. The van der Waals surface area contributed by atoms with Crippen LogP contribution in [-0.2, 0) is 9.31 Å². The van der Waals surface area contributed by atoms with Gasteiger partial charge in [0.15, 0.2) is 0 Å². The minimum atomic E-state index is -0.369. The van der Waals surface area contributed by atoms with E-state index < -0.39 is 0 Å². The summed E-state index contributed by atoms with van der Waals surface area (Å²) in [5.74, 6) is 0. The van der Waals surface area contributed by atoms with Crippen LogP contribution < -0.4 is 0 Å². The van der Waals surface area contributed by atoms with Crippen molar-refractivity contribution in [1.29, 1.82) is 0 Å². The van der Waals surface area contributed by atoms with Crippen LogP contribution in [0.3, 0.4) is 0 Å². The van der Waals surface area contributed by atoms with Gasteiger partial charge in [0.1, 0.15) is 0 Å². The normalized spacial score (nSPS) is 27.5. The molecule has 3 nitrogen and oxygen atoms in total. The van der Waals surface area contributed by atoms with Crippen LogP contribution in [0.5, 0.6) is 0 Å². The molecule has 1 fully saturated rings. The average Bonchev–Trinajstić information content (AvgIpc) is 2.66. The van der Waals surface area contributed by atoms with E-state index in [0.29, 0.717) is 6.42 Å². The lowest BCUT2D eigenvalue weighted by atomic mass is 9.71. The summed E-state index contributed by atoms with van der Waals surface area (Å²) in [4.78, 5) is 0. The zero-order valence-corrected chi connectivity index (χ0v) is 14.6. The van der Waals surface area contributed by atoms with E-state index in [9.17, 15) is 5.11 Å². The van der Waals surface area contributed by atoms with Crippen molar-refractivity contribution in [2.45, 2.75) is 77.6 Å². The average molecular weight is 304 g/mol. The van der Waals surface area contributed by atoms with E-state index in [1.807, 2.05) is 19.1 Å². The summed E-state index contributed by atoms with van der Waals surface area (Å²) in [6, 6.07) is 0. The molecule has 1 atom stereocenters. The largest absolute Gasteiger partial charge is 0.490 e. The van der Waals surface area contributed by atoms with Gasteiger partial charge in [0.25, 0.3) is 0 Å². The Kier molecular flexibility index (Phi) is 5.36. The van der Waals surface area contributed by atoms with Crippen LogP contribution in [0.15, 0.2) is 35.3 Å². The third-order valence-corrected chi connectivity index (χ3v) is 4.98. The van der Waals surface area contributed by atoms with E-state index >= 15 is 0 Å². The fourth-order valence-electron chi connectivity index (χ4n) is 2.75. The molecule has 0 spiro atoms. The molecule has 0 radical (unpaired) electrons. The van der Waals surface area contributed by atoms with Gasteiger partial charge in [-0.15, -0.1) is 0 Å². The molecule has 0 saturated carbocycles. The third-order valence-electron chi connectivity index (χ3n) is 4.98. The smallest absolute Gasteiger partial charge is 0.400 e. The number of aliphatic hydroxyl groups is 1. The van der Waals surface area contributed by atoms with Crippen LogP contribution in [0.4, 0.5) is 0 Å². The first-order valence-corrected chi connectivity index (χ1v) is 8.28. The lowest BCUT2D eigenvalue weighted by Gasteiger charge is -2.32. The predicted octanol–water partition coefficient (Wildman–Crippen LogP) is 3.98. The quantitative estimate of drug-likeness (QED) is 0.630. The highest BCUT2D eigenvalue weighted by Crippen LogP contribution is 2.40. The molecule has 1 N–H and O–H groups in total. The molecule has 122 valence electrons. The van der Waals surface area contributed by atoms with Crippen molar-refractivity contribution in [3.63, 3.8) is 0 Å². The van der Waals surface area contributed by atoms with Crippen molar-refractivity contribution >= 4 is 7.12 Å². The van der Waals surface area contributed by atoms with Gasteiger partial charge in [-0.3, -0.25) is 0 Å². The molecule has 2 rings (SSSR count). The Morgan fingerprint density at radius 3 is 2.36 bits per heavy atom. The molecule has 4 heteroatoms. The van der Waals surface area contributed by atoms with E-state index in [-0.39, 0.29) is 24.4 Å². The molecule has 1 aliphatic heterocycles. The molecule has 0 amide bonds. The van der Waals surface area contributed by atoms with Crippen molar-refractivity contribution in [3.8, 4) is 0 Å². The van der Waals surface area contributed by atoms with Crippen molar-refractivity contribution in [2.24, 2.45) is 0 Å². The molecule has 1 unspecified atom stereocenters. The van der Waals surface area contributed by atoms with Gasteiger partial charge >= 0.3 is 7.12 Å². The second-order valence-electron chi connectivity index (χ2n) is 7.26. The molecule has 0 aromatic heterocycles. The molecule has 0 aromatic rings. The minimum Gasteiger partial charge on any atom is -0.400 e. The van der Waals surface area contributed by atoms with Gasteiger partial charge < -0.3 is 14.4 Å². The molecular formula is C18H29BO3. The van der Waals surface area contributed by atoms with E-state index in [1.54, 1.807) is 0 Å². The maximum Gasteiger partial charge on any atom is 0.490 e. The molecule has 1 heterocycles. The van der Waals surface area contributed by atoms with Crippen molar-refractivity contribution in [2.75, 3.05) is 0 Å². The summed E-state index contributed by atoms with van der Waals surface area (Å²) in [6.07, 6.45) is 11.4. The maximum absolute atomic E-state index is 9.73. The summed E-state index contributed by atoms with van der Waals surface area (Å²) in [6.45, 7) is 10.3. The van der Waals surface area contributed by atoms with Crippen molar-refractivity contribution < 1.29 is 14.4 Å². The maximum atomic E-state index is 9.73. The third kappa shape index (κ3) is 3.92. The highest BCUT2D eigenvalue weighted by molar-refractivity contribution is 6.54. The zero-order valence-electron chi connectivity index (χ0n) is 14.6. The van der Waals surface area contributed by atoms with Gasteiger partial charge in [-0.2, -0.15) is 0 Å². The van der Waals surface area contributed by atoms with Crippen molar-refractivity contribution in [3.05, 3.63) is 35.3 Å². The predicted molar refractivity (Wildman–Crippen MR) is 91.5 cm³/mol.